The molecule has 2 aliphatic rings. The van der Waals surface area contributed by atoms with Crippen molar-refractivity contribution in [2.24, 2.45) is 11.8 Å². The number of piperazine rings is 1. The molecule has 2 N–H and O–H groups in total. The lowest BCUT2D eigenvalue weighted by molar-refractivity contribution is -0.142. The summed E-state index contributed by atoms with van der Waals surface area (Å²) < 4.78 is 0. The fraction of sp³-hybridized carbons (Fsp3) is 0.833. The molecule has 7 heteroatoms. The molecule has 2 fully saturated rings. The number of carbonyl (C=O) groups is 2. The fourth-order valence-corrected chi connectivity index (χ4v) is 2.58. The van der Waals surface area contributed by atoms with E-state index in [1.807, 2.05) is 11.9 Å². The van der Waals surface area contributed by atoms with Crippen LogP contribution < -0.4 is 5.43 Å². The van der Waals surface area contributed by atoms with Gasteiger partial charge in [0.1, 0.15) is 0 Å². The van der Waals surface area contributed by atoms with Gasteiger partial charge in [0.25, 0.3) is 0 Å². The molecule has 0 aromatic carbocycles. The molecular weight excluding hydrogens is 248 g/mol. The van der Waals surface area contributed by atoms with E-state index < -0.39 is 11.9 Å². The van der Waals surface area contributed by atoms with E-state index in [1.165, 1.54) is 0 Å². The minimum Gasteiger partial charge on any atom is -0.481 e. The summed E-state index contributed by atoms with van der Waals surface area (Å²) in [6, 6.07) is -0.180. The minimum atomic E-state index is -0.817. The third-order valence-corrected chi connectivity index (χ3v) is 3.97. The van der Waals surface area contributed by atoms with Crippen LogP contribution in [-0.2, 0) is 4.79 Å². The summed E-state index contributed by atoms with van der Waals surface area (Å²) in [5.41, 5.74) is 2.86. The first-order chi connectivity index (χ1) is 8.97. The van der Waals surface area contributed by atoms with Crippen molar-refractivity contribution in [3.05, 3.63) is 0 Å². The van der Waals surface area contributed by atoms with E-state index in [-0.39, 0.29) is 11.9 Å². The lowest BCUT2D eigenvalue weighted by Crippen LogP contribution is -2.55. The predicted octanol–water partition coefficient (Wildman–Crippen LogP) is -0.489. The number of nitrogens with one attached hydrogen (secondary N) is 1. The summed E-state index contributed by atoms with van der Waals surface area (Å²) in [6.45, 7) is 6.14. The lowest BCUT2D eigenvalue weighted by atomic mass is 9.99. The predicted molar refractivity (Wildman–Crippen MR) is 69.5 cm³/mol. The summed E-state index contributed by atoms with van der Waals surface area (Å²) in [7, 11) is 2.05. The number of hydrogen-bond donors (Lipinski definition) is 2. The van der Waals surface area contributed by atoms with Gasteiger partial charge in [0.05, 0.1) is 5.92 Å². The Morgan fingerprint density at radius 3 is 2.32 bits per heavy atom. The minimum absolute atomic E-state index is 0.00994. The highest BCUT2D eigenvalue weighted by Crippen LogP contribution is 2.23. The van der Waals surface area contributed by atoms with Crippen LogP contribution >= 0.6 is 0 Å². The maximum atomic E-state index is 12.1. The standard InChI is InChI=1S/C12H22N4O3/c1-9-7-15(8-10(9)11(17)18)12(19)13-16-5-3-14(2)4-6-16/h9-10H,3-8H2,1-2H3,(H,13,19)(H,17,18)/t9-,10-/m1/s1. The van der Waals surface area contributed by atoms with Crippen molar-refractivity contribution in [3.63, 3.8) is 0 Å². The van der Waals surface area contributed by atoms with Gasteiger partial charge in [0, 0.05) is 39.3 Å². The average molecular weight is 270 g/mol. The molecule has 0 unspecified atom stereocenters. The first kappa shape index (κ1) is 14.1. The Morgan fingerprint density at radius 2 is 1.79 bits per heavy atom. The molecule has 108 valence electrons. The van der Waals surface area contributed by atoms with E-state index in [1.54, 1.807) is 4.90 Å². The molecule has 0 aromatic heterocycles. The van der Waals surface area contributed by atoms with Crippen LogP contribution in [0.25, 0.3) is 0 Å². The number of rotatable bonds is 2. The van der Waals surface area contributed by atoms with Crippen LogP contribution in [0.1, 0.15) is 6.92 Å². The van der Waals surface area contributed by atoms with E-state index in [0.29, 0.717) is 13.1 Å². The van der Waals surface area contributed by atoms with Gasteiger partial charge in [-0.3, -0.25) is 10.2 Å². The van der Waals surface area contributed by atoms with Crippen molar-refractivity contribution in [1.82, 2.24) is 20.2 Å². The molecule has 2 heterocycles. The van der Waals surface area contributed by atoms with Crippen LogP contribution in [0.15, 0.2) is 0 Å². The first-order valence-electron chi connectivity index (χ1n) is 6.69. The second-order valence-electron chi connectivity index (χ2n) is 5.53. The van der Waals surface area contributed by atoms with Gasteiger partial charge in [-0.15, -0.1) is 0 Å². The summed E-state index contributed by atoms with van der Waals surface area (Å²) >= 11 is 0. The van der Waals surface area contributed by atoms with E-state index in [9.17, 15) is 9.59 Å². The Morgan fingerprint density at radius 1 is 1.16 bits per heavy atom. The zero-order valence-corrected chi connectivity index (χ0v) is 11.5. The Labute approximate surface area is 113 Å². The van der Waals surface area contributed by atoms with Crippen LogP contribution in [-0.4, -0.2) is 78.2 Å². The number of aliphatic carboxylic acids is 1. The molecule has 0 saturated carbocycles. The van der Waals surface area contributed by atoms with Crippen molar-refractivity contribution in [2.75, 3.05) is 46.3 Å². The van der Waals surface area contributed by atoms with E-state index in [2.05, 4.69) is 17.4 Å². The highest BCUT2D eigenvalue weighted by Gasteiger charge is 2.37. The topological polar surface area (TPSA) is 76.1 Å². The van der Waals surface area contributed by atoms with Crippen LogP contribution in [0.2, 0.25) is 0 Å². The number of hydrazine groups is 1. The number of hydrogen-bond acceptors (Lipinski definition) is 4. The summed E-state index contributed by atoms with van der Waals surface area (Å²) in [5, 5.41) is 11.0. The van der Waals surface area contributed by atoms with Gasteiger partial charge in [-0.25, -0.2) is 9.80 Å². The van der Waals surface area contributed by atoms with Crippen LogP contribution in [0.5, 0.6) is 0 Å². The van der Waals surface area contributed by atoms with Gasteiger partial charge in [-0.2, -0.15) is 0 Å². The maximum absolute atomic E-state index is 12.1. The molecule has 2 rings (SSSR count). The van der Waals surface area contributed by atoms with Crippen molar-refractivity contribution in [1.29, 1.82) is 0 Å². The molecule has 2 saturated heterocycles. The van der Waals surface area contributed by atoms with Crippen LogP contribution in [0.4, 0.5) is 4.79 Å². The Kier molecular flexibility index (Phi) is 4.26. The van der Waals surface area contributed by atoms with Gasteiger partial charge >= 0.3 is 12.0 Å². The van der Waals surface area contributed by atoms with Crippen molar-refractivity contribution >= 4 is 12.0 Å². The molecule has 2 amide bonds. The Balaban J connectivity index is 1.82. The number of urea groups is 1. The molecule has 0 spiro atoms. The van der Waals surface area contributed by atoms with Gasteiger partial charge in [-0.1, -0.05) is 6.92 Å². The number of carboxylic acids is 1. The molecule has 0 radical (unpaired) electrons. The largest absolute Gasteiger partial charge is 0.481 e. The lowest BCUT2D eigenvalue weighted by Gasteiger charge is -2.33. The van der Waals surface area contributed by atoms with Crippen molar-refractivity contribution in [3.8, 4) is 0 Å². The van der Waals surface area contributed by atoms with Crippen molar-refractivity contribution < 1.29 is 14.7 Å². The Hall–Kier alpha value is -1.34. The molecule has 0 bridgehead atoms. The molecule has 2 aliphatic heterocycles. The quantitative estimate of drug-likeness (QED) is 0.708. The fourth-order valence-electron chi connectivity index (χ4n) is 2.58. The molecule has 0 aromatic rings. The second kappa shape index (κ2) is 5.75. The number of carboxylic acid groups (broad SMARTS) is 1. The van der Waals surface area contributed by atoms with E-state index in [4.69, 9.17) is 5.11 Å². The van der Waals surface area contributed by atoms with Gasteiger partial charge in [0.15, 0.2) is 0 Å². The molecular formula is C12H22N4O3. The summed E-state index contributed by atoms with van der Waals surface area (Å²) in [6.07, 6.45) is 0. The van der Waals surface area contributed by atoms with Gasteiger partial charge in [0.2, 0.25) is 0 Å². The van der Waals surface area contributed by atoms with Gasteiger partial charge in [-0.05, 0) is 13.0 Å². The SMILES string of the molecule is C[C@@H]1CN(C(=O)NN2CCN(C)CC2)C[C@H]1C(=O)O. The highest BCUT2D eigenvalue weighted by atomic mass is 16.4. The summed E-state index contributed by atoms with van der Waals surface area (Å²) in [4.78, 5) is 26.9. The van der Waals surface area contributed by atoms with Gasteiger partial charge < -0.3 is 14.9 Å². The molecule has 19 heavy (non-hydrogen) atoms. The number of likely N-dealkylation sites (N-methyl/N-ethyl adjacent to an activating group) is 1. The van der Waals surface area contributed by atoms with E-state index in [0.717, 1.165) is 26.2 Å². The number of nitrogens with zero attached hydrogens (tertiary/aromatic N) is 3. The molecule has 7 nitrogen and oxygen atoms in total. The first-order valence-corrected chi connectivity index (χ1v) is 6.69. The number of likely N-dealkylation sites (tertiary alicyclic amines) is 1. The highest BCUT2D eigenvalue weighted by molar-refractivity contribution is 5.77. The Bertz CT molecular complexity index is 355. The van der Waals surface area contributed by atoms with Crippen molar-refractivity contribution in [2.45, 2.75) is 6.92 Å². The second-order valence-corrected chi connectivity index (χ2v) is 5.53. The monoisotopic (exact) mass is 270 g/mol. The average Bonchev–Trinajstić information content (AvgIpc) is 2.74. The third-order valence-electron chi connectivity index (χ3n) is 3.97. The maximum Gasteiger partial charge on any atom is 0.331 e. The smallest absolute Gasteiger partial charge is 0.331 e. The molecule has 0 aliphatic carbocycles. The zero-order chi connectivity index (χ0) is 14.0. The number of amides is 2. The van der Waals surface area contributed by atoms with Crippen LogP contribution in [0, 0.1) is 11.8 Å². The zero-order valence-electron chi connectivity index (χ0n) is 11.5. The normalized spacial score (nSPS) is 29.5. The molecule has 2 atom stereocenters. The number of carbonyl (C=O) groups excluding carboxylic acids is 1. The summed E-state index contributed by atoms with van der Waals surface area (Å²) in [5.74, 6) is -1.25. The third kappa shape index (κ3) is 3.36. The van der Waals surface area contributed by atoms with E-state index >= 15 is 0 Å². The van der Waals surface area contributed by atoms with Crippen LogP contribution in [0.3, 0.4) is 0 Å².